The first-order valence-electron chi connectivity index (χ1n) is 10.9. The molecule has 2 aliphatic rings. The van der Waals surface area contributed by atoms with Crippen molar-refractivity contribution in [2.75, 3.05) is 19.6 Å². The monoisotopic (exact) mass is 507 g/mol. The summed E-state index contributed by atoms with van der Waals surface area (Å²) >= 11 is 0. The lowest BCUT2D eigenvalue weighted by molar-refractivity contribution is -0.142. The minimum absolute atomic E-state index is 0.0714. The van der Waals surface area contributed by atoms with Crippen LogP contribution in [0.4, 0.5) is 18.0 Å². The molecule has 192 valence electrons. The van der Waals surface area contributed by atoms with E-state index >= 15 is 0 Å². The van der Waals surface area contributed by atoms with Crippen LogP contribution in [0.2, 0.25) is 0 Å². The molecule has 3 N–H and O–H groups in total. The van der Waals surface area contributed by atoms with Gasteiger partial charge in [-0.05, 0) is 52.3 Å². The second-order valence-corrected chi connectivity index (χ2v) is 10.0. The number of aryl methyl sites for hydroxylation is 2. The molecule has 1 spiro atoms. The van der Waals surface area contributed by atoms with Crippen LogP contribution in [0.1, 0.15) is 42.9 Å². The highest BCUT2D eigenvalue weighted by molar-refractivity contribution is 7.86. The van der Waals surface area contributed by atoms with Crippen LogP contribution < -0.4 is 5.32 Å². The standard InChI is InChI=1S/C21H31N3O2.CHF3O3S/c1-5-7-21(26)20(8-10-22-11-9-20)23(6-2)19(25)24(21)15-18-13-16(3)12-17(4)14-18;2-1(3,4)8(5,6)7/h5,12-14,22,26H,1,6-11,15H2,2-4H3;(H,5,6,7). The van der Waals surface area contributed by atoms with Crippen molar-refractivity contribution in [3.63, 3.8) is 0 Å². The summed E-state index contributed by atoms with van der Waals surface area (Å²) in [4.78, 5) is 16.9. The molecule has 1 aromatic carbocycles. The average Bonchev–Trinajstić information content (AvgIpc) is 2.85. The van der Waals surface area contributed by atoms with Gasteiger partial charge < -0.3 is 15.3 Å². The predicted octanol–water partition coefficient (Wildman–Crippen LogP) is 3.34. The number of carbonyl (C=O) groups excluding carboxylic acids is 1. The van der Waals surface area contributed by atoms with Crippen molar-refractivity contribution >= 4 is 16.1 Å². The summed E-state index contributed by atoms with van der Waals surface area (Å²) in [6.07, 6.45) is 3.62. The fourth-order valence-corrected chi connectivity index (χ4v) is 4.95. The minimum Gasteiger partial charge on any atom is -0.368 e. The second kappa shape index (κ2) is 10.2. The van der Waals surface area contributed by atoms with Gasteiger partial charge in [-0.25, -0.2) is 4.79 Å². The predicted molar refractivity (Wildman–Crippen MR) is 121 cm³/mol. The van der Waals surface area contributed by atoms with Gasteiger partial charge in [0, 0.05) is 13.0 Å². The van der Waals surface area contributed by atoms with Gasteiger partial charge in [0.15, 0.2) is 5.72 Å². The van der Waals surface area contributed by atoms with E-state index in [2.05, 4.69) is 43.9 Å². The van der Waals surface area contributed by atoms with E-state index in [1.165, 1.54) is 11.1 Å². The Morgan fingerprint density at radius 1 is 1.15 bits per heavy atom. The van der Waals surface area contributed by atoms with E-state index in [0.29, 0.717) is 19.5 Å². The summed E-state index contributed by atoms with van der Waals surface area (Å²) in [6.45, 7) is 12.6. The van der Waals surface area contributed by atoms with Crippen LogP contribution in [0.25, 0.3) is 0 Å². The molecule has 0 bridgehead atoms. The van der Waals surface area contributed by atoms with Gasteiger partial charge in [-0.3, -0.25) is 9.45 Å². The van der Waals surface area contributed by atoms with E-state index in [0.717, 1.165) is 31.5 Å². The third-order valence-electron chi connectivity index (χ3n) is 6.26. The zero-order chi connectivity index (χ0) is 25.9. The summed E-state index contributed by atoms with van der Waals surface area (Å²) in [5.41, 5.74) is -3.93. The molecule has 0 radical (unpaired) electrons. The van der Waals surface area contributed by atoms with Gasteiger partial charge in [-0.15, -0.1) is 6.58 Å². The van der Waals surface area contributed by atoms with E-state index in [-0.39, 0.29) is 6.03 Å². The molecule has 2 amide bonds. The molecule has 0 saturated carbocycles. The highest BCUT2D eigenvalue weighted by Crippen LogP contribution is 2.48. The van der Waals surface area contributed by atoms with Gasteiger partial charge in [-0.2, -0.15) is 21.6 Å². The van der Waals surface area contributed by atoms with Gasteiger partial charge in [0.1, 0.15) is 0 Å². The number of likely N-dealkylation sites (N-methyl/N-ethyl adjacent to an activating group) is 1. The zero-order valence-corrected chi connectivity index (χ0v) is 20.3. The fraction of sp³-hybridized carbons (Fsp3) is 0.591. The van der Waals surface area contributed by atoms with E-state index in [9.17, 15) is 23.1 Å². The number of alkyl halides is 3. The number of urea groups is 1. The Bertz CT molecular complexity index is 989. The van der Waals surface area contributed by atoms with Crippen molar-refractivity contribution in [2.24, 2.45) is 0 Å². The highest BCUT2D eigenvalue weighted by Gasteiger charge is 2.65. The Kier molecular flexibility index (Phi) is 8.45. The van der Waals surface area contributed by atoms with Crippen molar-refractivity contribution in [2.45, 2.75) is 63.4 Å². The van der Waals surface area contributed by atoms with Crippen molar-refractivity contribution in [3.05, 3.63) is 47.5 Å². The third-order valence-corrected chi connectivity index (χ3v) is 6.85. The van der Waals surface area contributed by atoms with Gasteiger partial charge >= 0.3 is 21.7 Å². The first-order chi connectivity index (χ1) is 15.6. The number of hydrogen-bond donors (Lipinski definition) is 3. The highest BCUT2D eigenvalue weighted by atomic mass is 32.2. The Morgan fingerprint density at radius 3 is 2.06 bits per heavy atom. The summed E-state index contributed by atoms with van der Waals surface area (Å²) in [5.74, 6) is 0. The van der Waals surface area contributed by atoms with Crippen molar-refractivity contribution in [1.29, 1.82) is 0 Å². The SMILES string of the molecule is C=CCC1(O)N(Cc2cc(C)cc(C)c2)C(=O)N(CC)C12CCNCC2.O=S(=O)(O)C(F)(F)F. The van der Waals surface area contributed by atoms with E-state index in [1.54, 1.807) is 11.0 Å². The molecule has 12 heteroatoms. The van der Waals surface area contributed by atoms with Crippen LogP contribution in [0.3, 0.4) is 0 Å². The van der Waals surface area contributed by atoms with Crippen LogP contribution in [-0.2, 0) is 16.7 Å². The fourth-order valence-electron chi connectivity index (χ4n) is 4.95. The molecule has 2 fully saturated rings. The first-order valence-corrected chi connectivity index (χ1v) is 12.3. The molecule has 2 saturated heterocycles. The zero-order valence-electron chi connectivity index (χ0n) is 19.5. The van der Waals surface area contributed by atoms with Crippen LogP contribution in [0, 0.1) is 13.8 Å². The molecule has 1 unspecified atom stereocenters. The number of carbonyl (C=O) groups is 1. The normalized spacial score (nSPS) is 22.5. The van der Waals surface area contributed by atoms with Gasteiger partial charge in [0.05, 0.1) is 12.1 Å². The van der Waals surface area contributed by atoms with Crippen LogP contribution in [0.5, 0.6) is 0 Å². The topological polar surface area (TPSA) is 110 Å². The lowest BCUT2D eigenvalue weighted by atomic mass is 9.76. The summed E-state index contributed by atoms with van der Waals surface area (Å²) < 4.78 is 57.5. The van der Waals surface area contributed by atoms with Gasteiger partial charge in [0.25, 0.3) is 0 Å². The van der Waals surface area contributed by atoms with E-state index in [1.807, 2.05) is 11.8 Å². The molecular formula is C22H32F3N3O5S. The number of amides is 2. The van der Waals surface area contributed by atoms with Crippen LogP contribution >= 0.6 is 0 Å². The molecule has 3 rings (SSSR count). The maximum Gasteiger partial charge on any atom is 0.522 e. The Labute approximate surface area is 198 Å². The molecule has 8 nitrogen and oxygen atoms in total. The number of nitrogens with one attached hydrogen (secondary N) is 1. The van der Waals surface area contributed by atoms with Crippen molar-refractivity contribution in [3.8, 4) is 0 Å². The average molecular weight is 508 g/mol. The Balaban J connectivity index is 0.000000440. The van der Waals surface area contributed by atoms with E-state index < -0.39 is 26.9 Å². The molecule has 0 aliphatic carbocycles. The number of rotatable bonds is 5. The Morgan fingerprint density at radius 2 is 1.65 bits per heavy atom. The minimum atomic E-state index is -5.84. The maximum atomic E-state index is 13.3. The van der Waals surface area contributed by atoms with Crippen molar-refractivity contribution in [1.82, 2.24) is 15.1 Å². The van der Waals surface area contributed by atoms with Gasteiger partial charge in [0.2, 0.25) is 0 Å². The molecule has 0 aromatic heterocycles. The van der Waals surface area contributed by atoms with Gasteiger partial charge in [-0.1, -0.05) is 35.4 Å². The molecule has 34 heavy (non-hydrogen) atoms. The number of halogens is 3. The smallest absolute Gasteiger partial charge is 0.368 e. The number of benzene rings is 1. The maximum absolute atomic E-state index is 13.3. The molecule has 1 aromatic rings. The second-order valence-electron chi connectivity index (χ2n) is 8.62. The van der Waals surface area contributed by atoms with Crippen LogP contribution in [0.15, 0.2) is 30.9 Å². The van der Waals surface area contributed by atoms with E-state index in [4.69, 9.17) is 13.0 Å². The summed E-state index contributed by atoms with van der Waals surface area (Å²) in [6, 6.07) is 6.24. The number of nitrogens with zero attached hydrogens (tertiary/aromatic N) is 2. The number of hydrogen-bond acceptors (Lipinski definition) is 5. The van der Waals surface area contributed by atoms with Crippen LogP contribution in [-0.4, -0.2) is 70.3 Å². The first kappa shape index (κ1) is 28.1. The lowest BCUT2D eigenvalue weighted by Gasteiger charge is -2.49. The lowest BCUT2D eigenvalue weighted by Crippen LogP contribution is -2.65. The Hall–Kier alpha value is -2.15. The molecule has 2 heterocycles. The largest absolute Gasteiger partial charge is 0.522 e. The number of aliphatic hydroxyl groups is 1. The number of piperidine rings is 1. The molecule has 2 aliphatic heterocycles. The molecule has 1 atom stereocenters. The summed E-state index contributed by atoms with van der Waals surface area (Å²) in [7, 11) is -5.84. The third kappa shape index (κ3) is 5.40. The van der Waals surface area contributed by atoms with Crippen molar-refractivity contribution < 1.29 is 36.0 Å². The molecular weight excluding hydrogens is 475 g/mol. The summed E-state index contributed by atoms with van der Waals surface area (Å²) in [5, 5.41) is 15.2. The quantitative estimate of drug-likeness (QED) is 0.320.